The summed E-state index contributed by atoms with van der Waals surface area (Å²) in [5.41, 5.74) is 0.230. The molecule has 3 nitrogen and oxygen atoms in total. The van der Waals surface area contributed by atoms with E-state index in [0.29, 0.717) is 0 Å². The standard InChI is InChI=1S/C8H5F2NO2/c9-7(10)8-11-6-4(12)2-1-3-5(6)13-8/h1-3,7,12H. The number of rotatable bonds is 1. The minimum Gasteiger partial charge on any atom is -0.506 e. The molecule has 0 amide bonds. The van der Waals surface area contributed by atoms with E-state index in [1.165, 1.54) is 18.2 Å². The molecule has 2 rings (SSSR count). The van der Waals surface area contributed by atoms with Crippen LogP contribution in [0.3, 0.4) is 0 Å². The van der Waals surface area contributed by atoms with Gasteiger partial charge in [0.05, 0.1) is 0 Å². The highest BCUT2D eigenvalue weighted by Crippen LogP contribution is 2.28. The molecule has 1 heterocycles. The summed E-state index contributed by atoms with van der Waals surface area (Å²) in [5.74, 6) is -0.829. The molecule has 5 heteroatoms. The third kappa shape index (κ3) is 1.22. The van der Waals surface area contributed by atoms with Crippen LogP contribution in [0.5, 0.6) is 5.75 Å². The van der Waals surface area contributed by atoms with Crippen molar-refractivity contribution < 1.29 is 18.3 Å². The van der Waals surface area contributed by atoms with Gasteiger partial charge in [0, 0.05) is 0 Å². The van der Waals surface area contributed by atoms with Crippen molar-refractivity contribution in [2.75, 3.05) is 0 Å². The van der Waals surface area contributed by atoms with E-state index in [-0.39, 0.29) is 16.8 Å². The first-order chi connectivity index (χ1) is 6.18. The molecule has 0 fully saturated rings. The van der Waals surface area contributed by atoms with E-state index in [9.17, 15) is 13.9 Å². The lowest BCUT2D eigenvalue weighted by molar-refractivity contribution is 0.117. The number of fused-ring (bicyclic) bond motifs is 1. The maximum Gasteiger partial charge on any atom is 0.313 e. The van der Waals surface area contributed by atoms with Gasteiger partial charge in [-0.15, -0.1) is 0 Å². The summed E-state index contributed by atoms with van der Waals surface area (Å²) in [5, 5.41) is 9.20. The molecule has 0 atom stereocenters. The molecular weight excluding hydrogens is 180 g/mol. The Balaban J connectivity index is 2.68. The average Bonchev–Trinajstić information content (AvgIpc) is 2.49. The fourth-order valence-electron chi connectivity index (χ4n) is 1.04. The highest BCUT2D eigenvalue weighted by molar-refractivity contribution is 5.79. The van der Waals surface area contributed by atoms with E-state index in [0.717, 1.165) is 0 Å². The summed E-state index contributed by atoms with van der Waals surface area (Å²) in [6.07, 6.45) is -2.76. The predicted octanol–water partition coefficient (Wildman–Crippen LogP) is 2.47. The van der Waals surface area contributed by atoms with E-state index in [4.69, 9.17) is 0 Å². The number of benzene rings is 1. The van der Waals surface area contributed by atoms with Gasteiger partial charge in [-0.05, 0) is 12.1 Å². The lowest BCUT2D eigenvalue weighted by Gasteiger charge is -1.87. The van der Waals surface area contributed by atoms with Gasteiger partial charge in [-0.2, -0.15) is 8.78 Å². The third-order valence-corrected chi connectivity index (χ3v) is 1.60. The van der Waals surface area contributed by atoms with Gasteiger partial charge >= 0.3 is 6.43 Å². The number of phenols is 1. The molecule has 0 bridgehead atoms. The fourth-order valence-corrected chi connectivity index (χ4v) is 1.04. The Kier molecular flexibility index (Phi) is 1.65. The van der Waals surface area contributed by atoms with Crippen LogP contribution in [0.15, 0.2) is 22.6 Å². The van der Waals surface area contributed by atoms with Gasteiger partial charge in [-0.3, -0.25) is 0 Å². The Morgan fingerprint density at radius 1 is 1.38 bits per heavy atom. The highest BCUT2D eigenvalue weighted by Gasteiger charge is 2.16. The number of aromatic hydroxyl groups is 1. The molecule has 0 aliphatic heterocycles. The van der Waals surface area contributed by atoms with E-state index in [1.54, 1.807) is 0 Å². The van der Waals surface area contributed by atoms with Crippen molar-refractivity contribution in [1.82, 2.24) is 4.98 Å². The molecule has 0 saturated carbocycles. The molecule has 0 aliphatic rings. The van der Waals surface area contributed by atoms with Crippen molar-refractivity contribution in [3.63, 3.8) is 0 Å². The number of nitrogens with zero attached hydrogens (tertiary/aromatic N) is 1. The van der Waals surface area contributed by atoms with E-state index in [1.807, 2.05) is 0 Å². The number of phenolic OH excluding ortho intramolecular Hbond substituents is 1. The van der Waals surface area contributed by atoms with Gasteiger partial charge in [-0.25, -0.2) is 4.98 Å². The van der Waals surface area contributed by atoms with Crippen molar-refractivity contribution in [1.29, 1.82) is 0 Å². The molecule has 0 saturated heterocycles. The molecule has 2 aromatic rings. The van der Waals surface area contributed by atoms with Gasteiger partial charge in [0.25, 0.3) is 5.89 Å². The maximum atomic E-state index is 12.1. The number of alkyl halides is 2. The van der Waals surface area contributed by atoms with Crippen molar-refractivity contribution in [3.05, 3.63) is 24.1 Å². The number of para-hydroxylation sites is 1. The molecular formula is C8H5F2NO2. The second-order valence-corrected chi connectivity index (χ2v) is 2.48. The van der Waals surface area contributed by atoms with Crippen LogP contribution in [0, 0.1) is 0 Å². The van der Waals surface area contributed by atoms with Gasteiger partial charge < -0.3 is 9.52 Å². The molecule has 1 aromatic heterocycles. The van der Waals surface area contributed by atoms with Crippen LogP contribution in [0.1, 0.15) is 12.3 Å². The van der Waals surface area contributed by atoms with Crippen molar-refractivity contribution in [3.8, 4) is 5.75 Å². The largest absolute Gasteiger partial charge is 0.506 e. The zero-order chi connectivity index (χ0) is 9.42. The quantitative estimate of drug-likeness (QED) is 0.742. The van der Waals surface area contributed by atoms with Crippen LogP contribution >= 0.6 is 0 Å². The fraction of sp³-hybridized carbons (Fsp3) is 0.125. The smallest absolute Gasteiger partial charge is 0.313 e. The Morgan fingerprint density at radius 2 is 2.15 bits per heavy atom. The van der Waals surface area contributed by atoms with Gasteiger partial charge in [0.1, 0.15) is 5.75 Å². The zero-order valence-corrected chi connectivity index (χ0v) is 6.37. The molecule has 68 valence electrons. The molecule has 1 N–H and O–H groups in total. The summed E-state index contributed by atoms with van der Waals surface area (Å²) < 4.78 is 28.9. The SMILES string of the molecule is Oc1cccc2oc(C(F)F)nc12. The highest BCUT2D eigenvalue weighted by atomic mass is 19.3. The first-order valence-corrected chi connectivity index (χ1v) is 3.55. The van der Waals surface area contributed by atoms with Crippen molar-refractivity contribution in [2.24, 2.45) is 0 Å². The Bertz CT molecular complexity index is 439. The second-order valence-electron chi connectivity index (χ2n) is 2.48. The number of hydrogen-bond donors (Lipinski definition) is 1. The van der Waals surface area contributed by atoms with Crippen LogP contribution in [-0.2, 0) is 0 Å². The zero-order valence-electron chi connectivity index (χ0n) is 6.37. The van der Waals surface area contributed by atoms with Crippen molar-refractivity contribution >= 4 is 11.1 Å². The summed E-state index contributed by atoms with van der Waals surface area (Å²) >= 11 is 0. The van der Waals surface area contributed by atoms with Gasteiger partial charge in [0.2, 0.25) is 0 Å². The van der Waals surface area contributed by atoms with Crippen LogP contribution in [0.25, 0.3) is 11.1 Å². The summed E-state index contributed by atoms with van der Waals surface area (Å²) in [6.45, 7) is 0. The average molecular weight is 185 g/mol. The minimum absolute atomic E-state index is 0.0674. The van der Waals surface area contributed by atoms with E-state index in [2.05, 4.69) is 9.40 Å². The van der Waals surface area contributed by atoms with E-state index >= 15 is 0 Å². The third-order valence-electron chi connectivity index (χ3n) is 1.60. The number of oxazole rings is 1. The molecule has 0 spiro atoms. The van der Waals surface area contributed by atoms with Gasteiger partial charge in [-0.1, -0.05) is 6.07 Å². The first-order valence-electron chi connectivity index (χ1n) is 3.55. The first kappa shape index (κ1) is 7.97. The molecule has 0 unspecified atom stereocenters. The lowest BCUT2D eigenvalue weighted by Crippen LogP contribution is -1.81. The number of halogens is 2. The minimum atomic E-state index is -2.76. The van der Waals surface area contributed by atoms with E-state index < -0.39 is 12.3 Å². The molecule has 13 heavy (non-hydrogen) atoms. The summed E-state index contributed by atoms with van der Waals surface area (Å²) in [7, 11) is 0. The van der Waals surface area contributed by atoms with Gasteiger partial charge in [0.15, 0.2) is 11.1 Å². The number of aromatic nitrogens is 1. The maximum absolute atomic E-state index is 12.1. The molecule has 1 aromatic carbocycles. The Morgan fingerprint density at radius 3 is 2.77 bits per heavy atom. The van der Waals surface area contributed by atoms with Crippen LogP contribution in [-0.4, -0.2) is 10.1 Å². The monoisotopic (exact) mass is 185 g/mol. The Labute approximate surface area is 71.6 Å². The topological polar surface area (TPSA) is 46.3 Å². The lowest BCUT2D eigenvalue weighted by atomic mass is 10.3. The van der Waals surface area contributed by atoms with Crippen LogP contribution < -0.4 is 0 Å². The van der Waals surface area contributed by atoms with Crippen molar-refractivity contribution in [2.45, 2.75) is 6.43 Å². The summed E-state index contributed by atoms with van der Waals surface area (Å²) in [6, 6.07) is 4.33. The normalized spacial score (nSPS) is 11.3. The second kappa shape index (κ2) is 2.69. The molecule has 0 radical (unpaired) electrons. The summed E-state index contributed by atoms with van der Waals surface area (Å²) in [4.78, 5) is 3.45. The predicted molar refractivity (Wildman–Crippen MR) is 40.6 cm³/mol. The molecule has 0 aliphatic carbocycles. The van der Waals surface area contributed by atoms with Crippen LogP contribution in [0.4, 0.5) is 8.78 Å². The Hall–Kier alpha value is -1.65. The van der Waals surface area contributed by atoms with Crippen LogP contribution in [0.2, 0.25) is 0 Å². The number of hydrogen-bond acceptors (Lipinski definition) is 3.